The van der Waals surface area contributed by atoms with E-state index in [1.165, 1.54) is 13.2 Å². The molecule has 0 fully saturated rings. The van der Waals surface area contributed by atoms with Crippen molar-refractivity contribution in [3.63, 3.8) is 0 Å². The first-order valence-corrected chi connectivity index (χ1v) is 3.98. The van der Waals surface area contributed by atoms with Gasteiger partial charge in [-0.15, -0.1) is 0 Å². The fraction of sp³-hybridized carbons (Fsp3) is 0.200. The predicted octanol–water partition coefficient (Wildman–Crippen LogP) is 1.81. The van der Waals surface area contributed by atoms with Gasteiger partial charge in [-0.25, -0.2) is 4.39 Å². The minimum absolute atomic E-state index is 0.302. The highest BCUT2D eigenvalue weighted by molar-refractivity contribution is 5.51. The molecule has 0 amide bonds. The number of methoxy groups -OCH3 is 1. The summed E-state index contributed by atoms with van der Waals surface area (Å²) in [5.74, 6) is 0.214. The smallest absolute Gasteiger partial charge is 0.134 e. The maximum Gasteiger partial charge on any atom is 0.134 e. The molecule has 0 aliphatic heterocycles. The molecule has 2 N–H and O–H groups in total. The summed E-state index contributed by atoms with van der Waals surface area (Å²) in [4.78, 5) is 0. The Kier molecular flexibility index (Phi) is 3.46. The molecule has 0 unspecified atom stereocenters. The van der Waals surface area contributed by atoms with Crippen molar-refractivity contribution in [1.29, 1.82) is 0 Å². The highest BCUT2D eigenvalue weighted by Gasteiger charge is 1.99. The number of ether oxygens (including phenoxy) is 1. The molecule has 0 radical (unpaired) electrons. The van der Waals surface area contributed by atoms with E-state index in [2.05, 4.69) is 0 Å². The molecule has 1 aromatic carbocycles. The van der Waals surface area contributed by atoms with Crippen LogP contribution in [0.4, 0.5) is 4.39 Å². The molecule has 0 heterocycles. The summed E-state index contributed by atoms with van der Waals surface area (Å²) in [6, 6.07) is 4.70. The maximum absolute atomic E-state index is 13.2. The van der Waals surface area contributed by atoms with Crippen LogP contribution < -0.4 is 10.5 Å². The molecule has 0 saturated carbocycles. The van der Waals surface area contributed by atoms with E-state index in [0.717, 1.165) is 0 Å². The average molecular weight is 181 g/mol. The van der Waals surface area contributed by atoms with Crippen molar-refractivity contribution in [2.45, 2.75) is 0 Å². The van der Waals surface area contributed by atoms with Crippen molar-refractivity contribution < 1.29 is 9.13 Å². The first-order valence-electron chi connectivity index (χ1n) is 3.98. The first kappa shape index (κ1) is 9.74. The highest BCUT2D eigenvalue weighted by atomic mass is 19.1. The Bertz CT molecular complexity index is 310. The largest absolute Gasteiger partial charge is 0.497 e. The minimum Gasteiger partial charge on any atom is -0.497 e. The Labute approximate surface area is 76.8 Å². The van der Waals surface area contributed by atoms with E-state index in [4.69, 9.17) is 10.5 Å². The van der Waals surface area contributed by atoms with Crippen LogP contribution in [0.15, 0.2) is 24.3 Å². The van der Waals surface area contributed by atoms with Gasteiger partial charge in [0.15, 0.2) is 0 Å². The Morgan fingerprint density at radius 3 is 2.85 bits per heavy atom. The van der Waals surface area contributed by atoms with E-state index >= 15 is 0 Å². The van der Waals surface area contributed by atoms with Crippen LogP contribution >= 0.6 is 0 Å². The summed E-state index contributed by atoms with van der Waals surface area (Å²) in [6.45, 7) is 0.408. The third-order valence-corrected chi connectivity index (χ3v) is 1.64. The summed E-state index contributed by atoms with van der Waals surface area (Å²) >= 11 is 0. The fourth-order valence-corrected chi connectivity index (χ4v) is 0.965. The van der Waals surface area contributed by atoms with Gasteiger partial charge in [0.1, 0.15) is 11.6 Å². The van der Waals surface area contributed by atoms with Crippen molar-refractivity contribution in [3.05, 3.63) is 35.7 Å². The van der Waals surface area contributed by atoms with Gasteiger partial charge < -0.3 is 10.5 Å². The SMILES string of the molecule is COc1ccc(C=CCN)c(F)c1. The van der Waals surface area contributed by atoms with Crippen LogP contribution in [-0.2, 0) is 0 Å². The molecule has 0 atom stereocenters. The second-order valence-electron chi connectivity index (χ2n) is 2.53. The minimum atomic E-state index is -0.302. The molecule has 0 aliphatic rings. The van der Waals surface area contributed by atoms with Gasteiger partial charge in [0.05, 0.1) is 7.11 Å². The van der Waals surface area contributed by atoms with Crippen LogP contribution in [0.3, 0.4) is 0 Å². The van der Waals surface area contributed by atoms with Crippen LogP contribution in [0.25, 0.3) is 6.08 Å². The zero-order chi connectivity index (χ0) is 9.68. The zero-order valence-electron chi connectivity index (χ0n) is 7.46. The molecule has 3 heteroatoms. The topological polar surface area (TPSA) is 35.2 Å². The van der Waals surface area contributed by atoms with Gasteiger partial charge in [-0.3, -0.25) is 0 Å². The average Bonchev–Trinajstić information content (AvgIpc) is 2.16. The molecule has 70 valence electrons. The highest BCUT2D eigenvalue weighted by Crippen LogP contribution is 2.16. The predicted molar refractivity (Wildman–Crippen MR) is 51.0 cm³/mol. The molecule has 0 aliphatic carbocycles. The summed E-state index contributed by atoms with van der Waals surface area (Å²) < 4.78 is 18.1. The summed E-state index contributed by atoms with van der Waals surface area (Å²) in [6.07, 6.45) is 3.35. The van der Waals surface area contributed by atoms with Crippen LogP contribution in [0.1, 0.15) is 5.56 Å². The normalized spacial score (nSPS) is 10.7. The molecule has 1 rings (SSSR count). The molecule has 0 aromatic heterocycles. The van der Waals surface area contributed by atoms with Gasteiger partial charge in [0.25, 0.3) is 0 Å². The fourth-order valence-electron chi connectivity index (χ4n) is 0.965. The Balaban J connectivity index is 2.91. The number of hydrogen-bond acceptors (Lipinski definition) is 2. The van der Waals surface area contributed by atoms with E-state index in [1.807, 2.05) is 0 Å². The second-order valence-corrected chi connectivity index (χ2v) is 2.53. The molecule has 0 spiro atoms. The molecule has 0 bridgehead atoms. The Morgan fingerprint density at radius 2 is 2.31 bits per heavy atom. The zero-order valence-corrected chi connectivity index (χ0v) is 7.46. The summed E-state index contributed by atoms with van der Waals surface area (Å²) in [5.41, 5.74) is 5.77. The number of hydrogen-bond donors (Lipinski definition) is 1. The van der Waals surface area contributed by atoms with Crippen LogP contribution in [-0.4, -0.2) is 13.7 Å². The third kappa shape index (κ3) is 2.56. The molecule has 0 saturated heterocycles. The molecular formula is C10H12FNO. The van der Waals surface area contributed by atoms with Crippen molar-refractivity contribution in [2.75, 3.05) is 13.7 Å². The van der Waals surface area contributed by atoms with Crippen molar-refractivity contribution in [2.24, 2.45) is 5.73 Å². The molecule has 13 heavy (non-hydrogen) atoms. The van der Waals surface area contributed by atoms with Crippen LogP contribution in [0.2, 0.25) is 0 Å². The van der Waals surface area contributed by atoms with Gasteiger partial charge in [0, 0.05) is 18.2 Å². The quantitative estimate of drug-likeness (QED) is 0.771. The molecular weight excluding hydrogens is 169 g/mol. The first-order chi connectivity index (χ1) is 6.27. The lowest BCUT2D eigenvalue weighted by Crippen LogP contribution is -1.93. The van der Waals surface area contributed by atoms with Gasteiger partial charge in [0.2, 0.25) is 0 Å². The third-order valence-electron chi connectivity index (χ3n) is 1.64. The number of halogens is 1. The van der Waals surface area contributed by atoms with E-state index in [-0.39, 0.29) is 5.82 Å². The van der Waals surface area contributed by atoms with Crippen LogP contribution in [0, 0.1) is 5.82 Å². The molecule has 2 nitrogen and oxygen atoms in total. The van der Waals surface area contributed by atoms with Crippen molar-refractivity contribution >= 4 is 6.08 Å². The van der Waals surface area contributed by atoms with E-state index in [1.54, 1.807) is 24.3 Å². The standard InChI is InChI=1S/C10H12FNO/c1-13-9-5-4-8(3-2-6-12)10(11)7-9/h2-5,7H,6,12H2,1H3. The number of rotatable bonds is 3. The maximum atomic E-state index is 13.2. The monoisotopic (exact) mass is 181 g/mol. The Hall–Kier alpha value is -1.35. The summed E-state index contributed by atoms with van der Waals surface area (Å²) in [5, 5.41) is 0. The van der Waals surface area contributed by atoms with E-state index < -0.39 is 0 Å². The number of nitrogens with two attached hydrogens (primary N) is 1. The lowest BCUT2D eigenvalue weighted by Gasteiger charge is -2.01. The lowest BCUT2D eigenvalue weighted by atomic mass is 10.2. The van der Waals surface area contributed by atoms with Gasteiger partial charge in [-0.05, 0) is 12.1 Å². The van der Waals surface area contributed by atoms with Crippen LogP contribution in [0.5, 0.6) is 5.75 Å². The van der Waals surface area contributed by atoms with E-state index in [0.29, 0.717) is 17.9 Å². The lowest BCUT2D eigenvalue weighted by molar-refractivity contribution is 0.411. The summed E-state index contributed by atoms with van der Waals surface area (Å²) in [7, 11) is 1.50. The van der Waals surface area contributed by atoms with Gasteiger partial charge in [-0.2, -0.15) is 0 Å². The van der Waals surface area contributed by atoms with Crippen molar-refractivity contribution in [3.8, 4) is 5.75 Å². The molecule has 1 aromatic rings. The number of benzene rings is 1. The van der Waals surface area contributed by atoms with E-state index in [9.17, 15) is 4.39 Å². The van der Waals surface area contributed by atoms with Gasteiger partial charge >= 0.3 is 0 Å². The van der Waals surface area contributed by atoms with Crippen molar-refractivity contribution in [1.82, 2.24) is 0 Å². The second kappa shape index (κ2) is 4.62. The Morgan fingerprint density at radius 1 is 1.54 bits per heavy atom. The van der Waals surface area contributed by atoms with Gasteiger partial charge in [-0.1, -0.05) is 12.2 Å².